The highest BCUT2D eigenvalue weighted by atomic mass is 19.1. The van der Waals surface area contributed by atoms with Crippen LogP contribution in [0.4, 0.5) is 4.39 Å². The lowest BCUT2D eigenvalue weighted by atomic mass is 9.92. The number of benzene rings is 1. The number of hydrogen-bond acceptors (Lipinski definition) is 3. The number of methoxy groups -OCH3 is 1. The Balaban J connectivity index is 2.08. The van der Waals surface area contributed by atoms with Crippen LogP contribution in [0.3, 0.4) is 0 Å². The quantitative estimate of drug-likeness (QED) is 0.896. The number of amides is 1. The number of halogens is 1. The lowest BCUT2D eigenvalue weighted by Crippen LogP contribution is -2.51. The van der Waals surface area contributed by atoms with E-state index in [-0.39, 0.29) is 23.8 Å². The Hall–Kier alpha value is -1.62. The van der Waals surface area contributed by atoms with Gasteiger partial charge in [-0.2, -0.15) is 0 Å². The first-order valence-electron chi connectivity index (χ1n) is 7.40. The van der Waals surface area contributed by atoms with E-state index in [1.54, 1.807) is 6.07 Å². The molecule has 3 unspecified atom stereocenters. The van der Waals surface area contributed by atoms with E-state index in [0.717, 1.165) is 19.4 Å². The molecule has 5 heteroatoms. The van der Waals surface area contributed by atoms with Crippen molar-refractivity contribution >= 4 is 5.91 Å². The third-order valence-corrected chi connectivity index (χ3v) is 4.07. The maximum atomic E-state index is 13.4. The summed E-state index contributed by atoms with van der Waals surface area (Å²) in [5.74, 6) is 0.506. The molecule has 1 fully saturated rings. The van der Waals surface area contributed by atoms with Gasteiger partial charge in [0.25, 0.3) is 0 Å². The van der Waals surface area contributed by atoms with Crippen LogP contribution in [0.5, 0.6) is 5.75 Å². The smallest absolute Gasteiger partial charge is 0.237 e. The first-order chi connectivity index (χ1) is 10.0. The van der Waals surface area contributed by atoms with Crippen LogP contribution in [-0.2, 0) is 4.79 Å². The Bertz CT molecular complexity index is 507. The predicted molar refractivity (Wildman–Crippen MR) is 79.7 cm³/mol. The second-order valence-corrected chi connectivity index (χ2v) is 5.67. The molecule has 1 amide bonds. The molecular formula is C16H23FN2O2. The summed E-state index contributed by atoms with van der Waals surface area (Å²) >= 11 is 0. The van der Waals surface area contributed by atoms with Crippen molar-refractivity contribution in [3.05, 3.63) is 29.6 Å². The Morgan fingerprint density at radius 2 is 2.29 bits per heavy atom. The maximum Gasteiger partial charge on any atom is 0.237 e. The van der Waals surface area contributed by atoms with E-state index < -0.39 is 0 Å². The van der Waals surface area contributed by atoms with Gasteiger partial charge in [-0.25, -0.2) is 4.39 Å². The van der Waals surface area contributed by atoms with E-state index in [2.05, 4.69) is 17.6 Å². The summed E-state index contributed by atoms with van der Waals surface area (Å²) in [6, 6.07) is 3.85. The summed E-state index contributed by atoms with van der Waals surface area (Å²) < 4.78 is 18.7. The van der Waals surface area contributed by atoms with Gasteiger partial charge in [0, 0.05) is 5.56 Å². The van der Waals surface area contributed by atoms with E-state index in [1.807, 2.05) is 6.92 Å². The lowest BCUT2D eigenvalue weighted by molar-refractivity contribution is -0.125. The van der Waals surface area contributed by atoms with Gasteiger partial charge in [-0.15, -0.1) is 0 Å². The van der Waals surface area contributed by atoms with Crippen molar-refractivity contribution in [2.24, 2.45) is 5.92 Å². The minimum atomic E-state index is -0.337. The van der Waals surface area contributed by atoms with E-state index in [0.29, 0.717) is 17.2 Å². The van der Waals surface area contributed by atoms with Crippen molar-refractivity contribution < 1.29 is 13.9 Å². The molecule has 1 aromatic rings. The monoisotopic (exact) mass is 294 g/mol. The zero-order chi connectivity index (χ0) is 15.4. The molecule has 0 bridgehead atoms. The number of rotatable bonds is 4. The molecular weight excluding hydrogens is 271 g/mol. The fourth-order valence-corrected chi connectivity index (χ4v) is 2.83. The average Bonchev–Trinajstić information content (AvgIpc) is 2.47. The third-order valence-electron chi connectivity index (χ3n) is 4.07. The van der Waals surface area contributed by atoms with Gasteiger partial charge >= 0.3 is 0 Å². The maximum absolute atomic E-state index is 13.4. The molecule has 1 aromatic carbocycles. The summed E-state index contributed by atoms with van der Waals surface area (Å²) in [5, 5.41) is 6.20. The summed E-state index contributed by atoms with van der Waals surface area (Å²) in [6.07, 6.45) is 2.14. The third kappa shape index (κ3) is 3.73. The highest BCUT2D eigenvalue weighted by Crippen LogP contribution is 2.26. The zero-order valence-electron chi connectivity index (χ0n) is 12.8. The molecule has 2 rings (SSSR count). The van der Waals surface area contributed by atoms with E-state index in [4.69, 9.17) is 4.74 Å². The van der Waals surface area contributed by atoms with Crippen LogP contribution in [0.25, 0.3) is 0 Å². The molecule has 1 heterocycles. The van der Waals surface area contributed by atoms with Crippen LogP contribution in [0.15, 0.2) is 18.2 Å². The van der Waals surface area contributed by atoms with Gasteiger partial charge in [0.1, 0.15) is 11.6 Å². The van der Waals surface area contributed by atoms with Gasteiger partial charge in [0.15, 0.2) is 0 Å². The van der Waals surface area contributed by atoms with Crippen LogP contribution in [0.1, 0.15) is 38.3 Å². The molecule has 0 radical (unpaired) electrons. The molecule has 2 N–H and O–H groups in total. The van der Waals surface area contributed by atoms with E-state index in [1.165, 1.54) is 19.2 Å². The van der Waals surface area contributed by atoms with Gasteiger partial charge < -0.3 is 15.4 Å². The number of nitrogens with one attached hydrogen (secondary N) is 2. The minimum absolute atomic E-state index is 0.0407. The van der Waals surface area contributed by atoms with Crippen molar-refractivity contribution in [2.45, 2.75) is 38.8 Å². The van der Waals surface area contributed by atoms with Crippen molar-refractivity contribution in [1.82, 2.24) is 10.6 Å². The Labute approximate surface area is 125 Å². The second-order valence-electron chi connectivity index (χ2n) is 5.67. The lowest BCUT2D eigenvalue weighted by Gasteiger charge is -2.30. The molecule has 1 saturated heterocycles. The number of ether oxygens (including phenoxy) is 1. The molecule has 1 aliphatic heterocycles. The van der Waals surface area contributed by atoms with Gasteiger partial charge in [0.05, 0.1) is 19.2 Å². The summed E-state index contributed by atoms with van der Waals surface area (Å²) in [4.78, 5) is 12.4. The fraction of sp³-hybridized carbons (Fsp3) is 0.562. The second kappa shape index (κ2) is 6.89. The summed E-state index contributed by atoms with van der Waals surface area (Å²) in [7, 11) is 1.54. The van der Waals surface area contributed by atoms with E-state index in [9.17, 15) is 9.18 Å². The normalized spacial score (nSPS) is 23.4. The molecule has 0 spiro atoms. The molecule has 0 aromatic heterocycles. The molecule has 4 nitrogen and oxygen atoms in total. The van der Waals surface area contributed by atoms with Crippen LogP contribution < -0.4 is 15.4 Å². The van der Waals surface area contributed by atoms with Gasteiger partial charge in [-0.05, 0) is 50.4 Å². The Morgan fingerprint density at radius 1 is 1.52 bits per heavy atom. The van der Waals surface area contributed by atoms with Crippen LogP contribution >= 0.6 is 0 Å². The highest BCUT2D eigenvalue weighted by molar-refractivity contribution is 5.82. The summed E-state index contributed by atoms with van der Waals surface area (Å²) in [6.45, 7) is 4.77. The largest absolute Gasteiger partial charge is 0.496 e. The number of piperidine rings is 1. The van der Waals surface area contributed by atoms with Crippen molar-refractivity contribution in [1.29, 1.82) is 0 Å². The van der Waals surface area contributed by atoms with Gasteiger partial charge in [0.2, 0.25) is 5.91 Å². The van der Waals surface area contributed by atoms with Crippen LogP contribution in [0.2, 0.25) is 0 Å². The molecule has 21 heavy (non-hydrogen) atoms. The summed E-state index contributed by atoms with van der Waals surface area (Å²) in [5.41, 5.74) is 0.648. The van der Waals surface area contributed by atoms with Crippen molar-refractivity contribution in [3.63, 3.8) is 0 Å². The van der Waals surface area contributed by atoms with Gasteiger partial charge in [-0.3, -0.25) is 4.79 Å². The molecule has 0 aliphatic carbocycles. The number of hydrogen-bond donors (Lipinski definition) is 2. The SMILES string of the molecule is COc1ccc(F)cc1C(C)NC(=O)C1NCCCC1C. The van der Waals surface area contributed by atoms with Crippen LogP contribution in [0, 0.1) is 11.7 Å². The number of carbonyl (C=O) groups excluding carboxylic acids is 1. The predicted octanol–water partition coefficient (Wildman–Crippen LogP) is 2.40. The molecule has 3 atom stereocenters. The highest BCUT2D eigenvalue weighted by Gasteiger charge is 2.28. The molecule has 116 valence electrons. The van der Waals surface area contributed by atoms with Crippen molar-refractivity contribution in [3.8, 4) is 5.75 Å². The van der Waals surface area contributed by atoms with Crippen LogP contribution in [-0.4, -0.2) is 25.6 Å². The first kappa shape index (κ1) is 15.8. The number of carbonyl (C=O) groups is 1. The van der Waals surface area contributed by atoms with Crippen molar-refractivity contribution in [2.75, 3.05) is 13.7 Å². The fourth-order valence-electron chi connectivity index (χ4n) is 2.83. The average molecular weight is 294 g/mol. The minimum Gasteiger partial charge on any atom is -0.496 e. The molecule has 0 saturated carbocycles. The van der Waals surface area contributed by atoms with E-state index >= 15 is 0 Å². The topological polar surface area (TPSA) is 50.4 Å². The zero-order valence-corrected chi connectivity index (χ0v) is 12.8. The van der Waals surface area contributed by atoms with Gasteiger partial charge in [-0.1, -0.05) is 6.92 Å². The standard InChI is InChI=1S/C16H23FN2O2/c1-10-5-4-8-18-15(10)16(20)19-11(2)13-9-12(17)6-7-14(13)21-3/h6-7,9-11,15,18H,4-5,8H2,1-3H3,(H,19,20). The molecule has 1 aliphatic rings. The Morgan fingerprint density at radius 3 is 2.95 bits per heavy atom. The Kier molecular flexibility index (Phi) is 5.17. The first-order valence-corrected chi connectivity index (χ1v) is 7.40.